The Balaban J connectivity index is 1.37. The quantitative estimate of drug-likeness (QED) is 0.622. The molecule has 0 spiro atoms. The molecular weight excluding hydrogens is 406 g/mol. The number of nitrogens with zero attached hydrogens (tertiary/aromatic N) is 3. The zero-order chi connectivity index (χ0) is 19.8. The van der Waals surface area contributed by atoms with Crippen LogP contribution in [0.3, 0.4) is 0 Å². The van der Waals surface area contributed by atoms with Gasteiger partial charge in [-0.2, -0.15) is 11.8 Å². The smallest absolute Gasteiger partial charge is 0.322 e. The van der Waals surface area contributed by atoms with E-state index in [-0.39, 0.29) is 6.03 Å². The fourth-order valence-electron chi connectivity index (χ4n) is 3.94. The molecular formula is C21H20ClN5OS. The molecule has 0 saturated carbocycles. The molecule has 2 N–H and O–H groups in total. The molecule has 2 aromatic heterocycles. The highest BCUT2D eigenvalue weighted by Crippen LogP contribution is 2.35. The molecule has 2 aliphatic heterocycles. The first-order valence-corrected chi connectivity index (χ1v) is 11.2. The normalized spacial score (nSPS) is 16.4. The predicted octanol–water partition coefficient (Wildman–Crippen LogP) is 4.72. The van der Waals surface area contributed by atoms with Crippen LogP contribution >= 0.6 is 23.4 Å². The summed E-state index contributed by atoms with van der Waals surface area (Å²) >= 11 is 7.95. The van der Waals surface area contributed by atoms with Crippen molar-refractivity contribution in [2.24, 2.45) is 0 Å². The van der Waals surface area contributed by atoms with Crippen molar-refractivity contribution in [1.82, 2.24) is 19.9 Å². The number of benzene rings is 1. The van der Waals surface area contributed by atoms with Gasteiger partial charge >= 0.3 is 6.03 Å². The van der Waals surface area contributed by atoms with Crippen LogP contribution in [0.15, 0.2) is 36.7 Å². The van der Waals surface area contributed by atoms with Gasteiger partial charge in [0.15, 0.2) is 0 Å². The highest BCUT2D eigenvalue weighted by Gasteiger charge is 2.24. The molecule has 5 rings (SSSR count). The van der Waals surface area contributed by atoms with E-state index in [1.807, 2.05) is 23.9 Å². The SMILES string of the molecule is O=C(Nc1cccc(Cl)c1)N1CC=C(c2ncnc3[nH]c4c(c23)CSCC4)CC1. The van der Waals surface area contributed by atoms with E-state index in [0.29, 0.717) is 23.8 Å². The van der Waals surface area contributed by atoms with E-state index in [2.05, 4.69) is 26.3 Å². The molecule has 6 nitrogen and oxygen atoms in total. The Morgan fingerprint density at radius 2 is 2.21 bits per heavy atom. The van der Waals surface area contributed by atoms with Crippen molar-refractivity contribution in [3.63, 3.8) is 0 Å². The molecule has 4 heterocycles. The molecule has 0 fully saturated rings. The number of fused-ring (bicyclic) bond motifs is 3. The number of aromatic amines is 1. The van der Waals surface area contributed by atoms with Crippen LogP contribution < -0.4 is 5.32 Å². The van der Waals surface area contributed by atoms with Gasteiger partial charge in [0.05, 0.1) is 5.69 Å². The van der Waals surface area contributed by atoms with Crippen LogP contribution in [-0.2, 0) is 12.2 Å². The topological polar surface area (TPSA) is 73.9 Å². The van der Waals surface area contributed by atoms with Crippen LogP contribution in [-0.4, -0.2) is 44.7 Å². The van der Waals surface area contributed by atoms with Crippen LogP contribution in [0, 0.1) is 0 Å². The predicted molar refractivity (Wildman–Crippen MR) is 118 cm³/mol. The van der Waals surface area contributed by atoms with E-state index in [9.17, 15) is 4.79 Å². The van der Waals surface area contributed by atoms with E-state index in [1.165, 1.54) is 16.8 Å². The summed E-state index contributed by atoms with van der Waals surface area (Å²) in [5, 5.41) is 4.67. The summed E-state index contributed by atoms with van der Waals surface area (Å²) in [6.45, 7) is 1.19. The van der Waals surface area contributed by atoms with E-state index in [0.717, 1.165) is 41.1 Å². The number of halogens is 1. The number of rotatable bonds is 2. The summed E-state index contributed by atoms with van der Waals surface area (Å²) in [7, 11) is 0. The summed E-state index contributed by atoms with van der Waals surface area (Å²) in [6, 6.07) is 7.07. The van der Waals surface area contributed by atoms with Crippen molar-refractivity contribution < 1.29 is 4.79 Å². The maximum atomic E-state index is 12.6. The molecule has 1 aromatic carbocycles. The number of hydrogen-bond acceptors (Lipinski definition) is 4. The second-order valence-electron chi connectivity index (χ2n) is 7.20. The van der Waals surface area contributed by atoms with E-state index in [4.69, 9.17) is 11.6 Å². The van der Waals surface area contributed by atoms with Crippen molar-refractivity contribution in [1.29, 1.82) is 0 Å². The van der Waals surface area contributed by atoms with E-state index < -0.39 is 0 Å². The fraction of sp³-hybridized carbons (Fsp3) is 0.286. The minimum atomic E-state index is -0.120. The Hall–Kier alpha value is -2.51. The van der Waals surface area contributed by atoms with Gasteiger partial charge in [0.1, 0.15) is 12.0 Å². The van der Waals surface area contributed by atoms with Gasteiger partial charge in [-0.25, -0.2) is 14.8 Å². The van der Waals surface area contributed by atoms with Gasteiger partial charge < -0.3 is 15.2 Å². The highest BCUT2D eigenvalue weighted by atomic mass is 35.5. The number of anilines is 1. The fourth-order valence-corrected chi connectivity index (χ4v) is 5.14. The Bertz CT molecular complexity index is 1130. The molecule has 0 unspecified atom stereocenters. The number of urea groups is 1. The van der Waals surface area contributed by atoms with Crippen molar-refractivity contribution in [3.8, 4) is 0 Å². The molecule has 0 radical (unpaired) electrons. The zero-order valence-electron chi connectivity index (χ0n) is 15.7. The molecule has 0 saturated heterocycles. The van der Waals surface area contributed by atoms with Crippen molar-refractivity contribution in [2.75, 3.05) is 24.2 Å². The van der Waals surface area contributed by atoms with Gasteiger partial charge in [0.2, 0.25) is 0 Å². The van der Waals surface area contributed by atoms with Crippen LogP contribution in [0.25, 0.3) is 16.6 Å². The molecule has 0 bridgehead atoms. The number of aryl methyl sites for hydroxylation is 1. The van der Waals surface area contributed by atoms with Gasteiger partial charge in [-0.15, -0.1) is 0 Å². The van der Waals surface area contributed by atoms with Crippen LogP contribution in [0.5, 0.6) is 0 Å². The van der Waals surface area contributed by atoms with Gasteiger partial charge in [-0.3, -0.25) is 0 Å². The van der Waals surface area contributed by atoms with Gasteiger partial charge in [0, 0.05) is 40.6 Å². The first-order valence-electron chi connectivity index (χ1n) is 9.62. The maximum absolute atomic E-state index is 12.6. The standard InChI is InChI=1S/C21H20ClN5OS/c22-14-2-1-3-15(10-14)25-21(28)27-7-4-13(5-8-27)19-18-16-11-29-9-6-17(16)26-20(18)24-12-23-19/h1-4,10,12H,5-9,11H2,(H,25,28)(H,23,24,26). The number of aromatic nitrogens is 3. The lowest BCUT2D eigenvalue weighted by atomic mass is 10.00. The molecule has 29 heavy (non-hydrogen) atoms. The van der Waals surface area contributed by atoms with Crippen LogP contribution in [0.2, 0.25) is 5.02 Å². The lowest BCUT2D eigenvalue weighted by molar-refractivity contribution is 0.217. The average molecular weight is 426 g/mol. The van der Waals surface area contributed by atoms with Crippen LogP contribution in [0.4, 0.5) is 10.5 Å². The molecule has 8 heteroatoms. The zero-order valence-corrected chi connectivity index (χ0v) is 17.3. The molecule has 0 atom stereocenters. The summed E-state index contributed by atoms with van der Waals surface area (Å²) < 4.78 is 0. The number of H-pyrrole nitrogens is 1. The third-order valence-electron chi connectivity index (χ3n) is 5.40. The Labute approximate surface area is 177 Å². The third kappa shape index (κ3) is 3.60. The van der Waals surface area contributed by atoms with Crippen LogP contribution in [0.1, 0.15) is 23.4 Å². The molecule has 148 valence electrons. The average Bonchev–Trinajstić information content (AvgIpc) is 3.13. The van der Waals surface area contributed by atoms with Gasteiger partial charge in [0.25, 0.3) is 0 Å². The van der Waals surface area contributed by atoms with Crippen molar-refractivity contribution in [3.05, 3.63) is 58.6 Å². The number of hydrogen-bond donors (Lipinski definition) is 2. The summed E-state index contributed by atoms with van der Waals surface area (Å²) in [4.78, 5) is 26.9. The Morgan fingerprint density at radius 1 is 1.28 bits per heavy atom. The third-order valence-corrected chi connectivity index (χ3v) is 6.62. The number of nitrogens with one attached hydrogen (secondary N) is 2. The first kappa shape index (κ1) is 18.5. The summed E-state index contributed by atoms with van der Waals surface area (Å²) in [6.07, 6.45) is 5.55. The molecule has 0 aliphatic carbocycles. The Morgan fingerprint density at radius 3 is 3.03 bits per heavy atom. The number of carbonyl (C=O) groups excluding carboxylic acids is 1. The number of carbonyl (C=O) groups is 1. The largest absolute Gasteiger partial charge is 0.343 e. The summed E-state index contributed by atoms with van der Waals surface area (Å²) in [5.74, 6) is 2.14. The minimum Gasteiger partial charge on any atom is -0.343 e. The second-order valence-corrected chi connectivity index (χ2v) is 8.74. The minimum absolute atomic E-state index is 0.120. The maximum Gasteiger partial charge on any atom is 0.322 e. The second kappa shape index (κ2) is 7.72. The van der Waals surface area contributed by atoms with Gasteiger partial charge in [-0.1, -0.05) is 23.7 Å². The Kier molecular flexibility index (Phi) is 4.93. The van der Waals surface area contributed by atoms with Crippen molar-refractivity contribution >= 4 is 51.7 Å². The lowest BCUT2D eigenvalue weighted by Gasteiger charge is -2.27. The highest BCUT2D eigenvalue weighted by molar-refractivity contribution is 7.98. The lowest BCUT2D eigenvalue weighted by Crippen LogP contribution is -2.37. The summed E-state index contributed by atoms with van der Waals surface area (Å²) in [5.41, 5.74) is 6.44. The first-order chi connectivity index (χ1) is 14.2. The van der Waals surface area contributed by atoms with E-state index >= 15 is 0 Å². The molecule has 2 amide bonds. The number of amides is 2. The molecule has 3 aromatic rings. The monoisotopic (exact) mass is 425 g/mol. The number of thioether (sulfide) groups is 1. The van der Waals surface area contributed by atoms with E-state index in [1.54, 1.807) is 23.4 Å². The van der Waals surface area contributed by atoms with Gasteiger partial charge in [-0.05, 0) is 47.9 Å². The molecule has 2 aliphatic rings. The van der Waals surface area contributed by atoms with Crippen molar-refractivity contribution in [2.45, 2.75) is 18.6 Å².